The van der Waals surface area contributed by atoms with Crippen molar-refractivity contribution in [2.75, 3.05) is 0 Å². The summed E-state index contributed by atoms with van der Waals surface area (Å²) in [6, 6.07) is 22.3. The second-order valence-corrected chi connectivity index (χ2v) is 14.6. The Kier molecular flexibility index (Phi) is 21.3. The van der Waals surface area contributed by atoms with Crippen molar-refractivity contribution in [2.45, 2.75) is 194 Å². The van der Waals surface area contributed by atoms with Crippen LogP contribution >= 0.6 is 0 Å². The number of aryl methyl sites for hydroxylation is 1. The van der Waals surface area contributed by atoms with E-state index in [9.17, 15) is 0 Å². The molecule has 0 N–H and O–H groups in total. The summed E-state index contributed by atoms with van der Waals surface area (Å²) >= 11 is 0. The molecule has 0 spiro atoms. The van der Waals surface area contributed by atoms with Crippen LogP contribution in [0.1, 0.15) is 191 Å². The Morgan fingerprint density at radius 3 is 1.49 bits per heavy atom. The molecule has 0 saturated carbocycles. The average molecular weight is 642 g/mol. The van der Waals surface area contributed by atoms with Crippen molar-refractivity contribution >= 4 is 0 Å². The molecule has 2 heteroatoms. The number of aromatic nitrogens is 2. The molecule has 3 rings (SSSR count). The van der Waals surface area contributed by atoms with Gasteiger partial charge in [-0.2, -0.15) is 0 Å². The smallest absolute Gasteiger partial charge is 0.234 e. The van der Waals surface area contributed by atoms with E-state index in [4.69, 9.17) is 0 Å². The maximum atomic E-state index is 2.74. The summed E-state index contributed by atoms with van der Waals surface area (Å²) in [5.74, 6) is 2.03. The molecule has 0 radical (unpaired) electrons. The lowest BCUT2D eigenvalue weighted by molar-refractivity contribution is -0.710. The van der Waals surface area contributed by atoms with Gasteiger partial charge in [-0.3, -0.25) is 0 Å². The third kappa shape index (κ3) is 16.5. The zero-order chi connectivity index (χ0) is 33.2. The SMILES string of the molecule is CCCCCCCCCCCCCCCCCn1cc(CC(C)c2ccccc2)[n+](CCCCCCCCC)c1Cc1ccccc1. The lowest BCUT2D eigenvalue weighted by Crippen LogP contribution is -2.41. The molecule has 0 aliphatic rings. The normalized spacial score (nSPS) is 12.1. The first kappa shape index (κ1) is 39.1. The van der Waals surface area contributed by atoms with E-state index in [0.717, 1.165) is 25.9 Å². The van der Waals surface area contributed by atoms with Crippen molar-refractivity contribution in [3.05, 3.63) is 89.5 Å². The fourth-order valence-electron chi connectivity index (χ4n) is 7.34. The molecular weight excluding hydrogens is 569 g/mol. The van der Waals surface area contributed by atoms with Gasteiger partial charge in [-0.25, -0.2) is 9.13 Å². The maximum Gasteiger partial charge on any atom is 0.261 e. The summed E-state index contributed by atoms with van der Waals surface area (Å²) in [4.78, 5) is 0. The van der Waals surface area contributed by atoms with Gasteiger partial charge in [-0.05, 0) is 42.7 Å². The van der Waals surface area contributed by atoms with Gasteiger partial charge in [0.1, 0.15) is 11.9 Å². The first-order valence-electron chi connectivity index (χ1n) is 20.4. The molecule has 2 nitrogen and oxygen atoms in total. The van der Waals surface area contributed by atoms with E-state index in [1.54, 1.807) is 0 Å². The Hall–Kier alpha value is -2.35. The van der Waals surface area contributed by atoms with Crippen LogP contribution < -0.4 is 4.57 Å². The number of unbranched alkanes of at least 4 members (excludes halogenated alkanes) is 20. The quantitative estimate of drug-likeness (QED) is 0.0527. The van der Waals surface area contributed by atoms with Crippen LogP contribution in [0.5, 0.6) is 0 Å². The predicted molar refractivity (Wildman–Crippen MR) is 205 cm³/mol. The predicted octanol–water partition coefficient (Wildman–Crippen LogP) is 13.3. The van der Waals surface area contributed by atoms with Crippen LogP contribution in [0.15, 0.2) is 66.9 Å². The molecule has 1 atom stereocenters. The first-order valence-corrected chi connectivity index (χ1v) is 20.4. The zero-order valence-electron chi connectivity index (χ0n) is 31.2. The minimum atomic E-state index is 0.516. The summed E-state index contributed by atoms with van der Waals surface area (Å²) in [6.45, 7) is 9.33. The highest BCUT2D eigenvalue weighted by molar-refractivity contribution is 5.21. The number of imidazole rings is 1. The van der Waals surface area contributed by atoms with Crippen molar-refractivity contribution in [1.82, 2.24) is 4.57 Å². The summed E-state index contributed by atoms with van der Waals surface area (Å²) < 4.78 is 5.40. The van der Waals surface area contributed by atoms with Gasteiger partial charge in [0.15, 0.2) is 0 Å². The zero-order valence-corrected chi connectivity index (χ0v) is 31.2. The van der Waals surface area contributed by atoms with Crippen LogP contribution in [-0.4, -0.2) is 4.57 Å². The summed E-state index contributed by atoms with van der Waals surface area (Å²) in [7, 11) is 0. The molecule has 0 amide bonds. The summed E-state index contributed by atoms with van der Waals surface area (Å²) in [5, 5.41) is 0. The van der Waals surface area contributed by atoms with Gasteiger partial charge in [-0.15, -0.1) is 0 Å². The van der Waals surface area contributed by atoms with Gasteiger partial charge in [0.05, 0.1) is 19.5 Å². The minimum Gasteiger partial charge on any atom is -0.234 e. The van der Waals surface area contributed by atoms with Gasteiger partial charge in [0, 0.05) is 6.42 Å². The van der Waals surface area contributed by atoms with Crippen LogP contribution in [0.4, 0.5) is 0 Å². The number of nitrogens with zero attached hydrogens (tertiary/aromatic N) is 2. The molecule has 1 heterocycles. The number of hydrogen-bond donors (Lipinski definition) is 0. The molecule has 0 aliphatic carbocycles. The summed E-state index contributed by atoms with van der Waals surface area (Å²) in [5.41, 5.74) is 4.41. The highest BCUT2D eigenvalue weighted by Crippen LogP contribution is 2.22. The average Bonchev–Trinajstić information content (AvgIpc) is 3.41. The fourth-order valence-corrected chi connectivity index (χ4v) is 7.34. The van der Waals surface area contributed by atoms with Crippen LogP contribution in [0, 0.1) is 0 Å². The molecule has 2 aromatic carbocycles. The Bertz CT molecular complexity index is 1130. The third-order valence-electron chi connectivity index (χ3n) is 10.4. The van der Waals surface area contributed by atoms with Gasteiger partial charge in [-0.1, -0.05) is 197 Å². The van der Waals surface area contributed by atoms with Gasteiger partial charge >= 0.3 is 0 Å². The van der Waals surface area contributed by atoms with E-state index in [1.807, 2.05) is 0 Å². The second kappa shape index (κ2) is 25.6. The topological polar surface area (TPSA) is 8.81 Å². The van der Waals surface area contributed by atoms with Crippen molar-refractivity contribution < 1.29 is 4.57 Å². The highest BCUT2D eigenvalue weighted by Gasteiger charge is 2.25. The minimum absolute atomic E-state index is 0.516. The molecule has 0 aliphatic heterocycles. The van der Waals surface area contributed by atoms with E-state index in [-0.39, 0.29) is 0 Å². The molecule has 3 aromatic rings. The van der Waals surface area contributed by atoms with E-state index in [2.05, 4.69) is 96.8 Å². The molecule has 1 unspecified atom stereocenters. The van der Waals surface area contributed by atoms with Gasteiger partial charge in [0.25, 0.3) is 5.82 Å². The Morgan fingerprint density at radius 1 is 0.532 bits per heavy atom. The van der Waals surface area contributed by atoms with Crippen LogP contribution in [0.25, 0.3) is 0 Å². The van der Waals surface area contributed by atoms with E-state index >= 15 is 0 Å². The number of hydrogen-bond acceptors (Lipinski definition) is 0. The Balaban J connectivity index is 1.54. The first-order chi connectivity index (χ1) is 23.2. The number of benzene rings is 2. The lowest BCUT2D eigenvalue weighted by atomic mass is 9.96. The van der Waals surface area contributed by atoms with E-state index in [0.29, 0.717) is 5.92 Å². The van der Waals surface area contributed by atoms with Crippen molar-refractivity contribution in [3.63, 3.8) is 0 Å². The standard InChI is InChI=1S/C45H73N2/c1-4-6-8-10-12-13-14-15-16-17-18-19-21-22-30-36-46-40-44(38-41(3)43-34-28-25-29-35-43)47(37-31-23-20-11-9-7-5-2)45(46)39-42-32-26-24-27-33-42/h24-29,32-35,40-41H,4-23,30-31,36-39H2,1-3H3/q+1. The molecule has 0 bridgehead atoms. The van der Waals surface area contributed by atoms with E-state index in [1.165, 1.54) is 164 Å². The van der Waals surface area contributed by atoms with Crippen molar-refractivity contribution in [1.29, 1.82) is 0 Å². The molecule has 262 valence electrons. The molecule has 0 saturated heterocycles. The van der Waals surface area contributed by atoms with Crippen LogP contribution in [0.3, 0.4) is 0 Å². The molecule has 0 fully saturated rings. The summed E-state index contributed by atoms with van der Waals surface area (Å²) in [6.07, 6.45) is 35.5. The molecule has 47 heavy (non-hydrogen) atoms. The van der Waals surface area contributed by atoms with Gasteiger partial charge in [0.2, 0.25) is 0 Å². The molecule has 1 aromatic heterocycles. The van der Waals surface area contributed by atoms with Gasteiger partial charge < -0.3 is 0 Å². The Morgan fingerprint density at radius 2 is 0.979 bits per heavy atom. The van der Waals surface area contributed by atoms with Crippen LogP contribution in [0.2, 0.25) is 0 Å². The van der Waals surface area contributed by atoms with Crippen molar-refractivity contribution in [2.24, 2.45) is 0 Å². The van der Waals surface area contributed by atoms with E-state index < -0.39 is 0 Å². The third-order valence-corrected chi connectivity index (χ3v) is 10.4. The Labute approximate surface area is 291 Å². The number of rotatable bonds is 29. The van der Waals surface area contributed by atoms with Crippen molar-refractivity contribution in [3.8, 4) is 0 Å². The fraction of sp³-hybridized carbons (Fsp3) is 0.667. The largest absolute Gasteiger partial charge is 0.261 e. The maximum absolute atomic E-state index is 2.74. The second-order valence-electron chi connectivity index (χ2n) is 14.6. The molecular formula is C45H73N2+. The highest BCUT2D eigenvalue weighted by atomic mass is 15.2. The van der Waals surface area contributed by atoms with Crippen LogP contribution in [-0.2, 0) is 25.9 Å². The lowest BCUT2D eigenvalue weighted by Gasteiger charge is -2.12. The monoisotopic (exact) mass is 642 g/mol.